The fourth-order valence-corrected chi connectivity index (χ4v) is 3.46. The number of carbonyl (C=O) groups is 1. The molecule has 7 nitrogen and oxygen atoms in total. The molecule has 4 rings (SSSR count). The molecule has 0 aliphatic heterocycles. The Kier molecular flexibility index (Phi) is 4.87. The molecule has 1 fully saturated rings. The molecule has 0 atom stereocenters. The molecule has 0 saturated heterocycles. The monoisotopic (exact) mass is 419 g/mol. The van der Waals surface area contributed by atoms with Crippen molar-refractivity contribution in [3.05, 3.63) is 63.0 Å². The van der Waals surface area contributed by atoms with E-state index in [0.29, 0.717) is 17.8 Å². The summed E-state index contributed by atoms with van der Waals surface area (Å²) in [6.07, 6.45) is -2.91. The number of hydrogen-bond acceptors (Lipinski definition) is 4. The lowest BCUT2D eigenvalue weighted by molar-refractivity contribution is -0.144. The number of rotatable bonds is 5. The van der Waals surface area contributed by atoms with Gasteiger partial charge in [-0.05, 0) is 44.4 Å². The number of aryl methyl sites for hydroxylation is 1. The van der Waals surface area contributed by atoms with Gasteiger partial charge in [0.15, 0.2) is 0 Å². The van der Waals surface area contributed by atoms with Gasteiger partial charge in [0.1, 0.15) is 17.0 Å². The Bertz CT molecular complexity index is 1190. The summed E-state index contributed by atoms with van der Waals surface area (Å²) in [4.78, 5) is 29.5. The Morgan fingerprint density at radius 3 is 2.63 bits per heavy atom. The molecule has 3 aromatic rings. The standard InChI is InChI=1S/C20H20F3N5O2/c1-3-24-19(30)18-11(2)4-7-16-25-13(8-17(29)28(16)18)10-27-15(20(21,22)23)9-14(26-27)12-5-6-12/h4,7-9,12H,3,5-6,10H2,1-2H3,(H,24,30). The third-order valence-electron chi connectivity index (χ3n) is 5.03. The molecular formula is C20H20F3N5O2. The van der Waals surface area contributed by atoms with Gasteiger partial charge in [0.25, 0.3) is 11.5 Å². The summed E-state index contributed by atoms with van der Waals surface area (Å²) in [5.74, 6) is -0.358. The molecular weight excluding hydrogens is 399 g/mol. The second kappa shape index (κ2) is 7.26. The lowest BCUT2D eigenvalue weighted by atomic mass is 10.2. The zero-order valence-corrected chi connectivity index (χ0v) is 16.5. The largest absolute Gasteiger partial charge is 0.433 e. The lowest BCUT2D eigenvalue weighted by Crippen LogP contribution is -2.30. The van der Waals surface area contributed by atoms with E-state index >= 15 is 0 Å². The molecule has 10 heteroatoms. The first-order chi connectivity index (χ1) is 14.2. The van der Waals surface area contributed by atoms with Gasteiger partial charge < -0.3 is 5.32 Å². The fourth-order valence-electron chi connectivity index (χ4n) is 3.46. The Labute approximate surface area is 169 Å². The van der Waals surface area contributed by atoms with Crippen LogP contribution in [0, 0.1) is 6.92 Å². The summed E-state index contributed by atoms with van der Waals surface area (Å²) in [6.45, 7) is 3.55. The van der Waals surface area contributed by atoms with Gasteiger partial charge in [0.2, 0.25) is 0 Å². The first kappa shape index (κ1) is 20.1. The first-order valence-corrected chi connectivity index (χ1v) is 9.64. The second-order valence-electron chi connectivity index (χ2n) is 7.39. The molecule has 1 N–H and O–H groups in total. The van der Waals surface area contributed by atoms with Gasteiger partial charge in [-0.1, -0.05) is 6.07 Å². The number of amides is 1. The Morgan fingerprint density at radius 2 is 2.00 bits per heavy atom. The van der Waals surface area contributed by atoms with Crippen LogP contribution in [0.2, 0.25) is 0 Å². The molecule has 1 aliphatic carbocycles. The number of hydrogen-bond donors (Lipinski definition) is 1. The maximum Gasteiger partial charge on any atom is 0.433 e. The van der Waals surface area contributed by atoms with Crippen LogP contribution in [0.5, 0.6) is 0 Å². The van der Waals surface area contributed by atoms with Gasteiger partial charge >= 0.3 is 6.18 Å². The maximum atomic E-state index is 13.4. The minimum absolute atomic E-state index is 0.0603. The van der Waals surface area contributed by atoms with Crippen LogP contribution in [0.25, 0.3) is 5.65 Å². The molecule has 1 saturated carbocycles. The lowest BCUT2D eigenvalue weighted by Gasteiger charge is -2.13. The van der Waals surface area contributed by atoms with E-state index in [9.17, 15) is 22.8 Å². The number of fused-ring (bicyclic) bond motifs is 1. The molecule has 0 unspecified atom stereocenters. The van der Waals surface area contributed by atoms with E-state index < -0.39 is 23.3 Å². The number of aromatic nitrogens is 4. The van der Waals surface area contributed by atoms with Crippen molar-refractivity contribution in [3.63, 3.8) is 0 Å². The summed E-state index contributed by atoms with van der Waals surface area (Å²) >= 11 is 0. The zero-order chi connectivity index (χ0) is 21.6. The molecule has 0 spiro atoms. The number of pyridine rings is 1. The van der Waals surface area contributed by atoms with Crippen molar-refractivity contribution in [3.8, 4) is 0 Å². The average Bonchev–Trinajstić information content (AvgIpc) is 3.42. The predicted octanol–water partition coefficient (Wildman–Crippen LogP) is 2.89. The topological polar surface area (TPSA) is 81.3 Å². The van der Waals surface area contributed by atoms with Crippen LogP contribution in [0.3, 0.4) is 0 Å². The Balaban J connectivity index is 1.78. The maximum absolute atomic E-state index is 13.4. The molecule has 3 heterocycles. The van der Waals surface area contributed by atoms with E-state index in [1.165, 1.54) is 4.40 Å². The number of alkyl halides is 3. The molecule has 158 valence electrons. The van der Waals surface area contributed by atoms with Crippen molar-refractivity contribution >= 4 is 11.6 Å². The highest BCUT2D eigenvalue weighted by Crippen LogP contribution is 2.41. The van der Waals surface area contributed by atoms with E-state index in [-0.39, 0.29) is 29.5 Å². The number of nitrogens with zero attached hydrogens (tertiary/aromatic N) is 4. The number of halogens is 3. The Morgan fingerprint density at radius 1 is 1.27 bits per heavy atom. The summed E-state index contributed by atoms with van der Waals surface area (Å²) in [5.41, 5.74) is 0.0830. The zero-order valence-electron chi connectivity index (χ0n) is 16.5. The second-order valence-corrected chi connectivity index (χ2v) is 7.39. The number of carbonyl (C=O) groups excluding carboxylic acids is 1. The highest BCUT2D eigenvalue weighted by molar-refractivity contribution is 5.94. The molecule has 30 heavy (non-hydrogen) atoms. The van der Waals surface area contributed by atoms with E-state index in [0.717, 1.165) is 29.7 Å². The SMILES string of the molecule is CCNC(=O)c1c(C)ccc2nc(Cn3nc(C4CC4)cc3C(F)(F)F)cc(=O)n12. The highest BCUT2D eigenvalue weighted by atomic mass is 19.4. The van der Waals surface area contributed by atoms with Gasteiger partial charge in [-0.25, -0.2) is 4.98 Å². The third kappa shape index (κ3) is 3.69. The summed E-state index contributed by atoms with van der Waals surface area (Å²) in [7, 11) is 0. The Hall–Kier alpha value is -3.17. The average molecular weight is 419 g/mol. The molecule has 0 aromatic carbocycles. The first-order valence-electron chi connectivity index (χ1n) is 9.64. The van der Waals surface area contributed by atoms with Crippen molar-refractivity contribution < 1.29 is 18.0 Å². The highest BCUT2D eigenvalue weighted by Gasteiger charge is 2.38. The summed E-state index contributed by atoms with van der Waals surface area (Å²) < 4.78 is 42.4. The van der Waals surface area contributed by atoms with Gasteiger partial charge in [-0.15, -0.1) is 0 Å². The van der Waals surface area contributed by atoms with E-state index in [4.69, 9.17) is 0 Å². The minimum Gasteiger partial charge on any atom is -0.351 e. The van der Waals surface area contributed by atoms with Crippen LogP contribution >= 0.6 is 0 Å². The normalized spacial score (nSPS) is 14.3. The van der Waals surface area contributed by atoms with Crippen LogP contribution in [-0.4, -0.2) is 31.6 Å². The van der Waals surface area contributed by atoms with E-state index in [1.807, 2.05) is 0 Å². The van der Waals surface area contributed by atoms with Crippen molar-refractivity contribution in [2.24, 2.45) is 0 Å². The summed E-state index contributed by atoms with van der Waals surface area (Å²) in [6, 6.07) is 5.43. The quantitative estimate of drug-likeness (QED) is 0.690. The van der Waals surface area contributed by atoms with Crippen LogP contribution in [0.1, 0.15) is 58.8 Å². The van der Waals surface area contributed by atoms with Crippen LogP contribution < -0.4 is 10.9 Å². The fraction of sp³-hybridized carbons (Fsp3) is 0.400. The van der Waals surface area contributed by atoms with Gasteiger partial charge in [0.05, 0.1) is 17.9 Å². The van der Waals surface area contributed by atoms with Crippen molar-refractivity contribution in [1.29, 1.82) is 0 Å². The van der Waals surface area contributed by atoms with E-state index in [1.54, 1.807) is 26.0 Å². The third-order valence-corrected chi connectivity index (χ3v) is 5.03. The molecule has 0 bridgehead atoms. The molecule has 3 aromatic heterocycles. The van der Waals surface area contributed by atoms with Crippen LogP contribution in [-0.2, 0) is 12.7 Å². The van der Waals surface area contributed by atoms with Gasteiger partial charge in [-0.3, -0.25) is 18.7 Å². The molecule has 1 aliphatic rings. The van der Waals surface area contributed by atoms with Crippen molar-refractivity contribution in [2.75, 3.05) is 6.54 Å². The summed E-state index contributed by atoms with van der Waals surface area (Å²) in [5, 5.41) is 6.77. The van der Waals surface area contributed by atoms with Gasteiger partial charge in [-0.2, -0.15) is 18.3 Å². The minimum atomic E-state index is -4.56. The van der Waals surface area contributed by atoms with Crippen LogP contribution in [0.4, 0.5) is 13.2 Å². The van der Waals surface area contributed by atoms with Gasteiger partial charge in [0, 0.05) is 18.5 Å². The van der Waals surface area contributed by atoms with Crippen LogP contribution in [0.15, 0.2) is 29.1 Å². The van der Waals surface area contributed by atoms with Crippen molar-refractivity contribution in [2.45, 2.75) is 45.3 Å². The number of nitrogens with one attached hydrogen (secondary N) is 1. The van der Waals surface area contributed by atoms with E-state index in [2.05, 4.69) is 15.4 Å². The predicted molar refractivity (Wildman–Crippen MR) is 103 cm³/mol. The van der Waals surface area contributed by atoms with Crippen molar-refractivity contribution in [1.82, 2.24) is 24.5 Å². The molecule has 1 amide bonds. The smallest absolute Gasteiger partial charge is 0.351 e. The molecule has 0 radical (unpaired) electrons.